The van der Waals surface area contributed by atoms with Gasteiger partial charge in [-0.2, -0.15) is 4.31 Å². The molecule has 1 fully saturated rings. The predicted octanol–water partition coefficient (Wildman–Crippen LogP) is 3.98. The lowest BCUT2D eigenvalue weighted by Crippen LogP contribution is -2.42. The monoisotopic (exact) mass is 548 g/mol. The maximum atomic E-state index is 13.5. The molecule has 3 aromatic rings. The highest BCUT2D eigenvalue weighted by Gasteiger charge is 2.35. The SMILES string of the molecule is COCCCN1C(=O)c2cccc3c(CC(=O)C4CCCN(S(=O)(=O)c5ccc6c(c5)CCO6)C4)ccc1c23. The van der Waals surface area contributed by atoms with Gasteiger partial charge < -0.3 is 14.4 Å². The Morgan fingerprint density at radius 1 is 1.15 bits per heavy atom. The zero-order valence-corrected chi connectivity index (χ0v) is 22.8. The number of rotatable bonds is 9. The summed E-state index contributed by atoms with van der Waals surface area (Å²) in [5, 5.41) is 1.79. The molecular weight excluding hydrogens is 516 g/mol. The van der Waals surface area contributed by atoms with Crippen molar-refractivity contribution in [2.24, 2.45) is 5.92 Å². The second-order valence-electron chi connectivity index (χ2n) is 10.5. The van der Waals surface area contributed by atoms with E-state index >= 15 is 0 Å². The van der Waals surface area contributed by atoms with Crippen molar-refractivity contribution < 1.29 is 27.5 Å². The van der Waals surface area contributed by atoms with Gasteiger partial charge in [0.25, 0.3) is 5.91 Å². The normalized spacial score (nSPS) is 18.9. The van der Waals surface area contributed by atoms with Gasteiger partial charge in [-0.3, -0.25) is 9.59 Å². The molecule has 39 heavy (non-hydrogen) atoms. The minimum atomic E-state index is -3.71. The van der Waals surface area contributed by atoms with Gasteiger partial charge in [0.05, 0.1) is 17.2 Å². The first-order valence-corrected chi connectivity index (χ1v) is 15.0. The molecule has 3 heterocycles. The third-order valence-corrected chi connectivity index (χ3v) is 9.97. The van der Waals surface area contributed by atoms with Crippen LogP contribution in [0.5, 0.6) is 5.75 Å². The van der Waals surface area contributed by atoms with E-state index in [0.29, 0.717) is 51.1 Å². The lowest BCUT2D eigenvalue weighted by atomic mass is 9.89. The van der Waals surface area contributed by atoms with Gasteiger partial charge >= 0.3 is 0 Å². The van der Waals surface area contributed by atoms with Crippen molar-refractivity contribution in [2.45, 2.75) is 37.0 Å². The quantitative estimate of drug-likeness (QED) is 0.376. The molecule has 0 spiro atoms. The number of nitrogens with zero attached hydrogens (tertiary/aromatic N) is 2. The average molecular weight is 549 g/mol. The molecule has 0 radical (unpaired) electrons. The molecule has 0 aromatic heterocycles. The largest absolute Gasteiger partial charge is 0.493 e. The van der Waals surface area contributed by atoms with Crippen LogP contribution in [0, 0.1) is 5.92 Å². The van der Waals surface area contributed by atoms with Crippen molar-refractivity contribution in [1.82, 2.24) is 4.31 Å². The molecular formula is C30H32N2O6S. The third-order valence-electron chi connectivity index (χ3n) is 8.11. The zero-order valence-electron chi connectivity index (χ0n) is 22.0. The fourth-order valence-electron chi connectivity index (χ4n) is 6.08. The summed E-state index contributed by atoms with van der Waals surface area (Å²) in [7, 11) is -2.06. The van der Waals surface area contributed by atoms with E-state index in [1.165, 1.54) is 4.31 Å². The van der Waals surface area contributed by atoms with Crippen molar-refractivity contribution in [3.8, 4) is 5.75 Å². The smallest absolute Gasteiger partial charge is 0.258 e. The van der Waals surface area contributed by atoms with E-state index in [0.717, 1.165) is 39.8 Å². The zero-order chi connectivity index (χ0) is 27.1. The molecule has 9 heteroatoms. The van der Waals surface area contributed by atoms with Crippen LogP contribution in [0.1, 0.15) is 40.7 Å². The molecule has 8 nitrogen and oxygen atoms in total. The van der Waals surface area contributed by atoms with Crippen LogP contribution in [0.25, 0.3) is 10.8 Å². The summed E-state index contributed by atoms with van der Waals surface area (Å²) in [6.07, 6.45) is 2.93. The Labute approximate surface area is 228 Å². The second-order valence-corrected chi connectivity index (χ2v) is 12.4. The number of ketones is 1. The Bertz CT molecular complexity index is 1570. The third kappa shape index (κ3) is 4.62. The standard InChI is InChI=1S/C30H32N2O6S/c1-37-15-4-14-32-26-10-8-20(24-6-2-7-25(29(24)26)30(32)34)18-27(33)22-5-3-13-31(19-22)39(35,36)23-9-11-28-21(17-23)12-16-38-28/h2,6-11,17,22H,3-5,12-16,18-19H2,1H3. The summed E-state index contributed by atoms with van der Waals surface area (Å²) in [4.78, 5) is 28.7. The molecule has 0 N–H and O–H groups in total. The summed E-state index contributed by atoms with van der Waals surface area (Å²) < 4.78 is 39.0. The summed E-state index contributed by atoms with van der Waals surface area (Å²) in [6, 6.07) is 14.6. The van der Waals surface area contributed by atoms with Gasteiger partial charge in [-0.25, -0.2) is 8.42 Å². The summed E-state index contributed by atoms with van der Waals surface area (Å²) in [5.41, 5.74) is 3.30. The Hall–Kier alpha value is -3.27. The van der Waals surface area contributed by atoms with Gasteiger partial charge in [0.1, 0.15) is 11.5 Å². The van der Waals surface area contributed by atoms with Gasteiger partial charge in [-0.15, -0.1) is 0 Å². The highest BCUT2D eigenvalue weighted by molar-refractivity contribution is 7.89. The van der Waals surface area contributed by atoms with E-state index in [-0.39, 0.29) is 35.5 Å². The molecule has 0 bridgehead atoms. The second kappa shape index (κ2) is 10.4. The topological polar surface area (TPSA) is 93.2 Å². The van der Waals surface area contributed by atoms with Crippen molar-refractivity contribution in [3.63, 3.8) is 0 Å². The van der Waals surface area contributed by atoms with Crippen molar-refractivity contribution in [1.29, 1.82) is 0 Å². The highest BCUT2D eigenvalue weighted by atomic mass is 32.2. The van der Waals surface area contributed by atoms with E-state index in [1.807, 2.05) is 30.3 Å². The van der Waals surface area contributed by atoms with Crippen LogP contribution in [0.3, 0.4) is 0 Å². The number of fused-ring (bicyclic) bond motifs is 1. The van der Waals surface area contributed by atoms with Gasteiger partial charge in [-0.1, -0.05) is 18.2 Å². The van der Waals surface area contributed by atoms with Gasteiger partial charge in [0.15, 0.2) is 0 Å². The molecule has 3 aliphatic heterocycles. The highest BCUT2D eigenvalue weighted by Crippen LogP contribution is 2.39. The van der Waals surface area contributed by atoms with Crippen molar-refractivity contribution in [3.05, 3.63) is 65.2 Å². The summed E-state index contributed by atoms with van der Waals surface area (Å²) in [6.45, 7) is 2.29. The minimum Gasteiger partial charge on any atom is -0.493 e. The number of sulfonamides is 1. The summed E-state index contributed by atoms with van der Waals surface area (Å²) in [5.74, 6) is 0.368. The number of ether oxygens (including phenoxy) is 2. The number of benzene rings is 3. The van der Waals surface area contributed by atoms with Crippen molar-refractivity contribution >= 4 is 38.2 Å². The van der Waals surface area contributed by atoms with Crippen LogP contribution >= 0.6 is 0 Å². The number of carbonyl (C=O) groups is 2. The lowest BCUT2D eigenvalue weighted by molar-refractivity contribution is -0.123. The predicted molar refractivity (Wildman–Crippen MR) is 148 cm³/mol. The Morgan fingerprint density at radius 3 is 2.87 bits per heavy atom. The van der Waals surface area contributed by atoms with Crippen LogP contribution < -0.4 is 9.64 Å². The summed E-state index contributed by atoms with van der Waals surface area (Å²) >= 11 is 0. The molecule has 3 aliphatic rings. The first-order chi connectivity index (χ1) is 18.9. The number of hydrogen-bond acceptors (Lipinski definition) is 6. The maximum absolute atomic E-state index is 13.5. The molecule has 0 aliphatic carbocycles. The molecule has 0 saturated carbocycles. The van der Waals surface area contributed by atoms with Gasteiger partial charge in [-0.05, 0) is 66.1 Å². The molecule has 3 aromatic carbocycles. The number of piperidine rings is 1. The van der Waals surface area contributed by atoms with Crippen LogP contribution in [-0.2, 0) is 32.4 Å². The van der Waals surface area contributed by atoms with Crippen LogP contribution in [0.4, 0.5) is 5.69 Å². The number of methoxy groups -OCH3 is 1. The molecule has 6 rings (SSSR count). The Kier molecular flexibility index (Phi) is 6.91. The molecule has 1 amide bonds. The first kappa shape index (κ1) is 26.0. The van der Waals surface area contributed by atoms with E-state index in [1.54, 1.807) is 30.2 Å². The molecule has 1 unspecified atom stereocenters. The fraction of sp³-hybridized carbons (Fsp3) is 0.400. The van der Waals surface area contributed by atoms with Gasteiger partial charge in [0.2, 0.25) is 10.0 Å². The number of Topliss-reactive ketones (excluding diaryl/α,β-unsaturated/α-hetero) is 1. The van der Waals surface area contributed by atoms with E-state index in [9.17, 15) is 18.0 Å². The molecule has 1 atom stereocenters. The Balaban J connectivity index is 1.21. The van der Waals surface area contributed by atoms with E-state index in [4.69, 9.17) is 9.47 Å². The average Bonchev–Trinajstić information content (AvgIpc) is 3.53. The molecule has 204 valence electrons. The van der Waals surface area contributed by atoms with E-state index < -0.39 is 10.0 Å². The van der Waals surface area contributed by atoms with Crippen molar-refractivity contribution in [2.75, 3.05) is 44.9 Å². The van der Waals surface area contributed by atoms with Gasteiger partial charge in [0, 0.05) is 63.1 Å². The lowest BCUT2D eigenvalue weighted by Gasteiger charge is -2.31. The van der Waals surface area contributed by atoms with Crippen LogP contribution in [0.15, 0.2) is 53.4 Å². The number of carbonyl (C=O) groups excluding carboxylic acids is 2. The number of anilines is 1. The molecule has 1 saturated heterocycles. The number of hydrogen-bond donors (Lipinski definition) is 0. The first-order valence-electron chi connectivity index (χ1n) is 13.5. The van der Waals surface area contributed by atoms with Crippen LogP contribution in [-0.4, -0.2) is 64.4 Å². The van der Waals surface area contributed by atoms with Crippen LogP contribution in [0.2, 0.25) is 0 Å². The maximum Gasteiger partial charge on any atom is 0.258 e. The minimum absolute atomic E-state index is 0.0265. The number of amides is 1. The van der Waals surface area contributed by atoms with E-state index in [2.05, 4.69) is 0 Å². The Morgan fingerprint density at radius 2 is 2.03 bits per heavy atom. The fourth-order valence-corrected chi connectivity index (χ4v) is 7.65.